The lowest BCUT2D eigenvalue weighted by Gasteiger charge is -1.90. The lowest BCUT2D eigenvalue weighted by Crippen LogP contribution is -1.99. The highest BCUT2D eigenvalue weighted by molar-refractivity contribution is 9.10. The van der Waals surface area contributed by atoms with E-state index < -0.39 is 5.97 Å². The monoisotopic (exact) mass is 271 g/mol. The van der Waals surface area contributed by atoms with Gasteiger partial charge in [-0.2, -0.15) is 0 Å². The van der Waals surface area contributed by atoms with Crippen molar-refractivity contribution < 1.29 is 9.53 Å². The number of rotatable bonds is 1. The topological polar surface area (TPSA) is 39.2 Å². The van der Waals surface area contributed by atoms with Gasteiger partial charge in [0.15, 0.2) is 0 Å². The highest BCUT2D eigenvalue weighted by Crippen LogP contribution is 2.28. The molecule has 3 nitrogen and oxygen atoms in total. The molecule has 1 aromatic carbocycles. The van der Waals surface area contributed by atoms with Crippen molar-refractivity contribution in [3.63, 3.8) is 0 Å². The van der Waals surface area contributed by atoms with Crippen LogP contribution in [0.3, 0.4) is 0 Å². The molecule has 0 amide bonds. The number of methoxy groups -OCH3 is 1. The molecule has 0 aliphatic carbocycles. The summed E-state index contributed by atoms with van der Waals surface area (Å²) in [6, 6.07) is 5.72. The van der Waals surface area contributed by atoms with Crippen LogP contribution in [0, 0.1) is 0 Å². The fourth-order valence-corrected chi connectivity index (χ4v) is 2.59. The van der Waals surface area contributed by atoms with E-state index in [-0.39, 0.29) is 0 Å². The summed E-state index contributed by atoms with van der Waals surface area (Å²) in [7, 11) is 1.35. The number of aromatic nitrogens is 1. The first kappa shape index (κ1) is 9.61. The van der Waals surface area contributed by atoms with Crippen LogP contribution < -0.4 is 0 Å². The molecule has 72 valence electrons. The van der Waals surface area contributed by atoms with Gasteiger partial charge < -0.3 is 4.74 Å². The number of benzene rings is 1. The second-order valence-corrected chi connectivity index (χ2v) is 4.48. The Morgan fingerprint density at radius 1 is 1.57 bits per heavy atom. The second kappa shape index (κ2) is 3.67. The van der Waals surface area contributed by atoms with E-state index in [1.165, 1.54) is 18.4 Å². The van der Waals surface area contributed by atoms with Crippen molar-refractivity contribution in [1.29, 1.82) is 0 Å². The number of fused-ring (bicyclic) bond motifs is 1. The van der Waals surface area contributed by atoms with Gasteiger partial charge in [0, 0.05) is 4.47 Å². The molecule has 0 unspecified atom stereocenters. The number of halogens is 1. The Labute approximate surface area is 92.8 Å². The highest BCUT2D eigenvalue weighted by Gasteiger charge is 2.13. The molecule has 2 aromatic rings. The van der Waals surface area contributed by atoms with Crippen LogP contribution in [0.1, 0.15) is 9.80 Å². The molecule has 0 aliphatic heterocycles. The van der Waals surface area contributed by atoms with E-state index in [0.717, 1.165) is 14.7 Å². The standard InChI is InChI=1S/C9H6BrNO2S/c1-13-9(12)8-11-7-5(10)3-2-4-6(7)14-8/h2-4H,1H3. The minimum atomic E-state index is -0.391. The zero-order valence-electron chi connectivity index (χ0n) is 7.28. The van der Waals surface area contributed by atoms with Crippen molar-refractivity contribution in [3.05, 3.63) is 27.7 Å². The number of esters is 1. The Kier molecular flexibility index (Phi) is 2.52. The molecular formula is C9H6BrNO2S. The van der Waals surface area contributed by atoms with Gasteiger partial charge in [-0.3, -0.25) is 0 Å². The maximum absolute atomic E-state index is 11.2. The van der Waals surface area contributed by atoms with E-state index >= 15 is 0 Å². The molecule has 0 saturated heterocycles. The van der Waals surface area contributed by atoms with Gasteiger partial charge in [-0.25, -0.2) is 9.78 Å². The molecule has 0 atom stereocenters. The van der Waals surface area contributed by atoms with E-state index in [1.807, 2.05) is 18.2 Å². The summed E-state index contributed by atoms with van der Waals surface area (Å²) in [5, 5.41) is 0.384. The zero-order chi connectivity index (χ0) is 10.1. The summed E-state index contributed by atoms with van der Waals surface area (Å²) in [4.78, 5) is 15.4. The quantitative estimate of drug-likeness (QED) is 0.749. The van der Waals surface area contributed by atoms with Gasteiger partial charge in [0.25, 0.3) is 0 Å². The molecule has 0 radical (unpaired) electrons. The third-order valence-corrected chi connectivity index (χ3v) is 3.37. The molecule has 0 aliphatic rings. The maximum atomic E-state index is 11.2. The lowest BCUT2D eigenvalue weighted by molar-refractivity contribution is 0.0600. The number of thiazole rings is 1. The zero-order valence-corrected chi connectivity index (χ0v) is 9.68. The predicted octanol–water partition coefficient (Wildman–Crippen LogP) is 2.85. The van der Waals surface area contributed by atoms with E-state index in [1.54, 1.807) is 0 Å². The van der Waals surface area contributed by atoms with E-state index in [2.05, 4.69) is 25.7 Å². The van der Waals surface area contributed by atoms with Crippen molar-refractivity contribution in [1.82, 2.24) is 4.98 Å². The van der Waals surface area contributed by atoms with Crippen LogP contribution in [-0.2, 0) is 4.74 Å². The Morgan fingerprint density at radius 2 is 2.36 bits per heavy atom. The summed E-state index contributed by atoms with van der Waals surface area (Å²) in [6.45, 7) is 0. The van der Waals surface area contributed by atoms with Crippen LogP contribution in [0.2, 0.25) is 0 Å². The Balaban J connectivity index is 2.62. The van der Waals surface area contributed by atoms with E-state index in [9.17, 15) is 4.79 Å². The molecule has 1 aromatic heterocycles. The van der Waals surface area contributed by atoms with Gasteiger partial charge in [0.1, 0.15) is 0 Å². The number of para-hydroxylation sites is 1. The molecule has 14 heavy (non-hydrogen) atoms. The first-order chi connectivity index (χ1) is 6.72. The summed E-state index contributed by atoms with van der Waals surface area (Å²) >= 11 is 4.70. The molecule has 5 heteroatoms. The van der Waals surface area contributed by atoms with Crippen LogP contribution in [0.25, 0.3) is 10.2 Å². The number of hydrogen-bond acceptors (Lipinski definition) is 4. The fraction of sp³-hybridized carbons (Fsp3) is 0.111. The molecule has 1 heterocycles. The Bertz CT molecular complexity index is 495. The van der Waals surface area contributed by atoms with Crippen molar-refractivity contribution in [2.24, 2.45) is 0 Å². The number of carbonyl (C=O) groups excluding carboxylic acids is 1. The average Bonchev–Trinajstić information content (AvgIpc) is 2.62. The molecule has 0 fully saturated rings. The minimum Gasteiger partial charge on any atom is -0.464 e. The summed E-state index contributed by atoms with van der Waals surface area (Å²) in [5.74, 6) is -0.391. The van der Waals surface area contributed by atoms with Crippen LogP contribution in [0.4, 0.5) is 0 Å². The van der Waals surface area contributed by atoms with Gasteiger partial charge in [-0.05, 0) is 28.1 Å². The highest BCUT2D eigenvalue weighted by atomic mass is 79.9. The number of ether oxygens (including phenoxy) is 1. The first-order valence-corrected chi connectivity index (χ1v) is 5.46. The Morgan fingerprint density at radius 3 is 3.00 bits per heavy atom. The van der Waals surface area contributed by atoms with Crippen molar-refractivity contribution in [2.45, 2.75) is 0 Å². The molecule has 2 rings (SSSR count). The SMILES string of the molecule is COC(=O)c1nc2c(Br)cccc2s1. The molecule has 0 bridgehead atoms. The smallest absolute Gasteiger partial charge is 0.367 e. The minimum absolute atomic E-state index is 0.384. The number of carbonyl (C=O) groups is 1. The third-order valence-electron chi connectivity index (χ3n) is 1.73. The Hall–Kier alpha value is -0.940. The van der Waals surface area contributed by atoms with Crippen LogP contribution in [0.5, 0.6) is 0 Å². The molecule has 0 N–H and O–H groups in total. The van der Waals surface area contributed by atoms with Gasteiger partial charge in [0.2, 0.25) is 5.01 Å². The second-order valence-electron chi connectivity index (χ2n) is 2.60. The van der Waals surface area contributed by atoms with Crippen LogP contribution in [0.15, 0.2) is 22.7 Å². The fourth-order valence-electron chi connectivity index (χ4n) is 1.09. The van der Waals surface area contributed by atoms with Gasteiger partial charge in [-0.15, -0.1) is 11.3 Å². The summed E-state index contributed by atoms with van der Waals surface area (Å²) < 4.78 is 6.46. The van der Waals surface area contributed by atoms with Crippen molar-refractivity contribution in [2.75, 3.05) is 7.11 Å². The summed E-state index contributed by atoms with van der Waals surface area (Å²) in [5.41, 5.74) is 0.804. The van der Waals surface area contributed by atoms with Crippen LogP contribution in [-0.4, -0.2) is 18.1 Å². The normalized spacial score (nSPS) is 10.4. The largest absolute Gasteiger partial charge is 0.464 e. The first-order valence-electron chi connectivity index (χ1n) is 3.85. The lowest BCUT2D eigenvalue weighted by atomic mass is 10.3. The number of nitrogens with zero attached hydrogens (tertiary/aromatic N) is 1. The van der Waals surface area contributed by atoms with E-state index in [0.29, 0.717) is 5.01 Å². The summed E-state index contributed by atoms with van der Waals surface area (Å²) in [6.07, 6.45) is 0. The van der Waals surface area contributed by atoms with Crippen molar-refractivity contribution >= 4 is 43.5 Å². The molecule has 0 spiro atoms. The predicted molar refractivity (Wildman–Crippen MR) is 58.7 cm³/mol. The maximum Gasteiger partial charge on any atom is 0.367 e. The van der Waals surface area contributed by atoms with E-state index in [4.69, 9.17) is 0 Å². The molecular weight excluding hydrogens is 266 g/mol. The van der Waals surface area contributed by atoms with Gasteiger partial charge in [0.05, 0.1) is 17.3 Å². The molecule has 0 saturated carbocycles. The van der Waals surface area contributed by atoms with Crippen molar-refractivity contribution in [3.8, 4) is 0 Å². The van der Waals surface area contributed by atoms with Gasteiger partial charge in [-0.1, -0.05) is 6.07 Å². The third kappa shape index (κ3) is 1.53. The van der Waals surface area contributed by atoms with Crippen LogP contribution >= 0.6 is 27.3 Å². The average molecular weight is 272 g/mol. The van der Waals surface area contributed by atoms with Gasteiger partial charge >= 0.3 is 5.97 Å². The number of hydrogen-bond donors (Lipinski definition) is 0.